The van der Waals surface area contributed by atoms with Crippen molar-refractivity contribution in [3.63, 3.8) is 0 Å². The fourth-order valence-corrected chi connectivity index (χ4v) is 4.30. The normalized spacial score (nSPS) is 33.2. The van der Waals surface area contributed by atoms with Crippen molar-refractivity contribution in [2.45, 2.75) is 64.8 Å². The number of hydrogen-bond donors (Lipinski definition) is 2. The monoisotopic (exact) mass is 479 g/mol. The highest BCUT2D eigenvalue weighted by atomic mass is 127. The molecule has 0 aromatic carbocycles. The molecule has 3 saturated heterocycles. The zero-order valence-corrected chi connectivity index (χ0v) is 19.2. The number of nitrogens with zero attached hydrogens (tertiary/aromatic N) is 3. The maximum Gasteiger partial charge on any atom is 0.191 e. The Morgan fingerprint density at radius 2 is 2.08 bits per heavy atom. The number of guanidine groups is 1. The van der Waals surface area contributed by atoms with Gasteiger partial charge >= 0.3 is 0 Å². The molecule has 0 aliphatic carbocycles. The number of ether oxygens (including phenoxy) is 1. The number of halogens is 1. The third-order valence-corrected chi connectivity index (χ3v) is 5.95. The predicted octanol–water partition coefficient (Wildman–Crippen LogP) is 1.75. The number of fused-ring (bicyclic) bond motifs is 1. The molecule has 7 heteroatoms. The van der Waals surface area contributed by atoms with E-state index in [0.717, 1.165) is 45.3 Å². The van der Waals surface area contributed by atoms with Gasteiger partial charge in [-0.25, -0.2) is 0 Å². The Balaban J connectivity index is 0.00000243. The molecule has 3 fully saturated rings. The first-order valence-corrected chi connectivity index (χ1v) is 10.2. The van der Waals surface area contributed by atoms with Crippen molar-refractivity contribution in [2.75, 3.05) is 45.9 Å². The molecule has 2 N–H and O–H groups in total. The smallest absolute Gasteiger partial charge is 0.191 e. The largest absolute Gasteiger partial charge is 0.373 e. The van der Waals surface area contributed by atoms with Gasteiger partial charge in [-0.3, -0.25) is 14.8 Å². The van der Waals surface area contributed by atoms with Crippen molar-refractivity contribution in [2.24, 2.45) is 10.9 Å². The lowest BCUT2D eigenvalue weighted by atomic mass is 10.1. The number of rotatable bonds is 5. The van der Waals surface area contributed by atoms with E-state index in [1.54, 1.807) is 0 Å². The van der Waals surface area contributed by atoms with E-state index in [-0.39, 0.29) is 30.1 Å². The van der Waals surface area contributed by atoms with Gasteiger partial charge in [-0.15, -0.1) is 24.0 Å². The zero-order valence-electron chi connectivity index (χ0n) is 16.9. The summed E-state index contributed by atoms with van der Waals surface area (Å²) in [4.78, 5) is 9.98. The molecule has 3 aliphatic rings. The van der Waals surface area contributed by atoms with Crippen molar-refractivity contribution in [3.05, 3.63) is 0 Å². The first kappa shape index (κ1) is 22.2. The molecule has 6 nitrogen and oxygen atoms in total. The van der Waals surface area contributed by atoms with Crippen LogP contribution in [-0.2, 0) is 4.74 Å². The van der Waals surface area contributed by atoms with Crippen molar-refractivity contribution >= 4 is 29.9 Å². The van der Waals surface area contributed by atoms with Gasteiger partial charge in [0.25, 0.3) is 0 Å². The Labute approximate surface area is 176 Å². The second-order valence-corrected chi connectivity index (χ2v) is 8.24. The predicted molar refractivity (Wildman–Crippen MR) is 119 cm³/mol. The third-order valence-electron chi connectivity index (χ3n) is 5.95. The first-order chi connectivity index (χ1) is 12.1. The lowest BCUT2D eigenvalue weighted by Gasteiger charge is -2.34. The van der Waals surface area contributed by atoms with Gasteiger partial charge < -0.3 is 15.4 Å². The zero-order chi connectivity index (χ0) is 17.8. The van der Waals surface area contributed by atoms with E-state index in [1.165, 1.54) is 19.4 Å². The van der Waals surface area contributed by atoms with Gasteiger partial charge in [0, 0.05) is 44.3 Å². The Kier molecular flexibility index (Phi) is 8.90. The van der Waals surface area contributed by atoms with Gasteiger partial charge in [0.15, 0.2) is 5.96 Å². The fraction of sp³-hybridized carbons (Fsp3) is 0.947. The van der Waals surface area contributed by atoms with Crippen LogP contribution < -0.4 is 10.6 Å². The number of likely N-dealkylation sites (tertiary alicyclic amines) is 1. The topological polar surface area (TPSA) is 52.1 Å². The Morgan fingerprint density at radius 3 is 2.77 bits per heavy atom. The molecule has 0 radical (unpaired) electrons. The molecule has 0 spiro atoms. The van der Waals surface area contributed by atoms with Crippen LogP contribution in [0.3, 0.4) is 0 Å². The van der Waals surface area contributed by atoms with Gasteiger partial charge in [-0.1, -0.05) is 6.92 Å². The highest BCUT2D eigenvalue weighted by molar-refractivity contribution is 14.0. The SMILES string of the molecule is CCNC(=NCC1CN2CCCC2CO1)NC1CN(C(C)C)CC1C.I. The molecule has 3 heterocycles. The molecule has 0 amide bonds. The van der Waals surface area contributed by atoms with Gasteiger partial charge in [-0.05, 0) is 46.1 Å². The summed E-state index contributed by atoms with van der Waals surface area (Å²) in [5, 5.41) is 7.08. The number of nitrogens with one attached hydrogen (secondary N) is 2. The van der Waals surface area contributed by atoms with E-state index < -0.39 is 0 Å². The minimum Gasteiger partial charge on any atom is -0.373 e. The van der Waals surface area contributed by atoms with Gasteiger partial charge in [0.2, 0.25) is 0 Å². The number of hydrogen-bond acceptors (Lipinski definition) is 4. The third kappa shape index (κ3) is 5.69. The van der Waals surface area contributed by atoms with Crippen molar-refractivity contribution < 1.29 is 4.74 Å². The average Bonchev–Trinajstić information content (AvgIpc) is 3.19. The van der Waals surface area contributed by atoms with Crippen molar-refractivity contribution in [1.29, 1.82) is 0 Å². The minimum absolute atomic E-state index is 0. The van der Waals surface area contributed by atoms with Crippen LogP contribution in [0.2, 0.25) is 0 Å². The van der Waals surface area contributed by atoms with E-state index in [4.69, 9.17) is 9.73 Å². The average molecular weight is 479 g/mol. The summed E-state index contributed by atoms with van der Waals surface area (Å²) in [6.07, 6.45) is 2.85. The molecule has 4 unspecified atom stereocenters. The molecule has 0 bridgehead atoms. The second-order valence-electron chi connectivity index (χ2n) is 8.24. The highest BCUT2D eigenvalue weighted by Crippen LogP contribution is 2.22. The van der Waals surface area contributed by atoms with Crippen LogP contribution in [0.25, 0.3) is 0 Å². The first-order valence-electron chi connectivity index (χ1n) is 10.2. The molecular weight excluding hydrogens is 441 g/mol. The lowest BCUT2D eigenvalue weighted by Crippen LogP contribution is -2.49. The molecule has 0 saturated carbocycles. The van der Waals surface area contributed by atoms with Crippen molar-refractivity contribution in [3.8, 4) is 0 Å². The van der Waals surface area contributed by atoms with E-state index in [0.29, 0.717) is 24.0 Å². The summed E-state index contributed by atoms with van der Waals surface area (Å²) in [6, 6.07) is 1.74. The maximum atomic E-state index is 6.05. The summed E-state index contributed by atoms with van der Waals surface area (Å²) in [7, 11) is 0. The molecule has 3 aliphatic heterocycles. The van der Waals surface area contributed by atoms with Crippen molar-refractivity contribution in [1.82, 2.24) is 20.4 Å². The molecule has 4 atom stereocenters. The van der Waals surface area contributed by atoms with Crippen LogP contribution in [0, 0.1) is 5.92 Å². The molecule has 152 valence electrons. The lowest BCUT2D eigenvalue weighted by molar-refractivity contribution is -0.0432. The van der Waals surface area contributed by atoms with Crippen LogP contribution in [0.4, 0.5) is 0 Å². The number of aliphatic imine (C=N–C) groups is 1. The van der Waals surface area contributed by atoms with Crippen LogP contribution >= 0.6 is 24.0 Å². The van der Waals surface area contributed by atoms with Crippen LogP contribution in [-0.4, -0.2) is 85.9 Å². The fourth-order valence-electron chi connectivity index (χ4n) is 4.30. The quantitative estimate of drug-likeness (QED) is 0.358. The Hall–Kier alpha value is -0.120. The molecular formula is C19H38IN5O. The Morgan fingerprint density at radius 1 is 1.27 bits per heavy atom. The summed E-state index contributed by atoms with van der Waals surface area (Å²) in [6.45, 7) is 16.1. The van der Waals surface area contributed by atoms with E-state index >= 15 is 0 Å². The molecule has 3 rings (SSSR count). The van der Waals surface area contributed by atoms with Gasteiger partial charge in [-0.2, -0.15) is 0 Å². The molecule has 0 aromatic heterocycles. The van der Waals surface area contributed by atoms with Gasteiger partial charge in [0.1, 0.15) is 0 Å². The molecule has 26 heavy (non-hydrogen) atoms. The highest BCUT2D eigenvalue weighted by Gasteiger charge is 2.33. The van der Waals surface area contributed by atoms with E-state index in [1.807, 2.05) is 0 Å². The van der Waals surface area contributed by atoms with E-state index in [2.05, 4.69) is 48.1 Å². The summed E-state index contributed by atoms with van der Waals surface area (Å²) in [5.41, 5.74) is 0. The standard InChI is InChI=1S/C19H37N5O.HI/c1-5-20-19(22-18-12-24(14(2)3)10-15(18)4)21-9-17-11-23-8-6-7-16(23)13-25-17;/h14-18H,5-13H2,1-4H3,(H2,20,21,22);1H. The van der Waals surface area contributed by atoms with E-state index in [9.17, 15) is 0 Å². The maximum absolute atomic E-state index is 6.05. The summed E-state index contributed by atoms with van der Waals surface area (Å²) < 4.78 is 6.05. The summed E-state index contributed by atoms with van der Waals surface area (Å²) in [5.74, 6) is 1.58. The van der Waals surface area contributed by atoms with Crippen LogP contribution in [0.15, 0.2) is 4.99 Å². The van der Waals surface area contributed by atoms with Gasteiger partial charge in [0.05, 0.1) is 19.3 Å². The van der Waals surface area contributed by atoms with Crippen LogP contribution in [0.5, 0.6) is 0 Å². The van der Waals surface area contributed by atoms with Crippen LogP contribution in [0.1, 0.15) is 40.5 Å². The second kappa shape index (κ2) is 10.4. The Bertz CT molecular complexity index is 461. The minimum atomic E-state index is 0. The summed E-state index contributed by atoms with van der Waals surface area (Å²) >= 11 is 0. The molecule has 0 aromatic rings. The number of morpholine rings is 1.